The number of thiazole rings is 1. The van der Waals surface area contributed by atoms with Gasteiger partial charge in [0.2, 0.25) is 0 Å². The molecule has 2 aromatic heterocycles. The minimum atomic E-state index is -0.120. The molecule has 3 heterocycles. The standard InChI is InChI=1S/C26H26N4O4S/c1-32-20-9-7-18(8-10-20)25-27-19(17-35-25)16-29-11-13-30(14-12-29)26(31)22-15-24(34-28-22)21-5-3-4-6-23(21)33-2/h3-10,15,17H,11-14,16H2,1-2H3. The van der Waals surface area contributed by atoms with Gasteiger partial charge in [-0.2, -0.15) is 0 Å². The van der Waals surface area contributed by atoms with Crippen molar-refractivity contribution in [1.82, 2.24) is 19.9 Å². The first-order chi connectivity index (χ1) is 17.1. The normalized spacial score (nSPS) is 14.2. The van der Waals surface area contributed by atoms with Crippen LogP contribution in [0.15, 0.2) is 64.5 Å². The average Bonchev–Trinajstić information content (AvgIpc) is 3.59. The summed E-state index contributed by atoms with van der Waals surface area (Å²) < 4.78 is 16.1. The Morgan fingerprint density at radius 3 is 2.54 bits per heavy atom. The second-order valence-corrected chi connectivity index (χ2v) is 9.08. The first-order valence-electron chi connectivity index (χ1n) is 11.3. The van der Waals surface area contributed by atoms with Crippen molar-refractivity contribution < 1.29 is 18.8 Å². The quantitative estimate of drug-likeness (QED) is 0.379. The molecule has 0 N–H and O–H groups in total. The Morgan fingerprint density at radius 2 is 1.80 bits per heavy atom. The molecule has 0 atom stereocenters. The van der Waals surface area contributed by atoms with Gasteiger partial charge in [0, 0.05) is 49.7 Å². The van der Waals surface area contributed by atoms with E-state index in [9.17, 15) is 4.79 Å². The van der Waals surface area contributed by atoms with Crippen molar-refractivity contribution in [3.63, 3.8) is 0 Å². The van der Waals surface area contributed by atoms with Crippen LogP contribution in [0.3, 0.4) is 0 Å². The van der Waals surface area contributed by atoms with Gasteiger partial charge in [-0.1, -0.05) is 17.3 Å². The molecule has 0 radical (unpaired) electrons. The topological polar surface area (TPSA) is 80.9 Å². The molecule has 0 bridgehead atoms. The summed E-state index contributed by atoms with van der Waals surface area (Å²) in [6.07, 6.45) is 0. The van der Waals surface area contributed by atoms with Gasteiger partial charge in [0.15, 0.2) is 11.5 Å². The molecule has 1 aliphatic rings. The maximum atomic E-state index is 13.0. The van der Waals surface area contributed by atoms with Crippen molar-refractivity contribution >= 4 is 17.2 Å². The van der Waals surface area contributed by atoms with Gasteiger partial charge in [-0.3, -0.25) is 9.69 Å². The molecule has 1 fully saturated rings. The Kier molecular flexibility index (Phi) is 6.78. The Hall–Kier alpha value is -3.69. The smallest absolute Gasteiger partial charge is 0.276 e. The van der Waals surface area contributed by atoms with Gasteiger partial charge >= 0.3 is 0 Å². The lowest BCUT2D eigenvalue weighted by Crippen LogP contribution is -2.48. The monoisotopic (exact) mass is 490 g/mol. The molecule has 0 spiro atoms. The first-order valence-corrected chi connectivity index (χ1v) is 12.2. The Bertz CT molecular complexity index is 1290. The number of hydrogen-bond donors (Lipinski definition) is 0. The largest absolute Gasteiger partial charge is 0.497 e. The van der Waals surface area contributed by atoms with Crippen molar-refractivity contribution in [3.05, 3.63) is 71.4 Å². The van der Waals surface area contributed by atoms with Crippen molar-refractivity contribution in [2.75, 3.05) is 40.4 Å². The summed E-state index contributed by atoms with van der Waals surface area (Å²) in [5, 5.41) is 7.12. The zero-order chi connectivity index (χ0) is 24.2. The van der Waals surface area contributed by atoms with Gasteiger partial charge in [-0.05, 0) is 36.4 Å². The van der Waals surface area contributed by atoms with E-state index in [1.165, 1.54) is 0 Å². The van der Waals surface area contributed by atoms with Gasteiger partial charge in [-0.25, -0.2) is 4.98 Å². The van der Waals surface area contributed by atoms with E-state index in [2.05, 4.69) is 15.4 Å². The lowest BCUT2D eigenvalue weighted by atomic mass is 10.1. The summed E-state index contributed by atoms with van der Waals surface area (Å²) in [6, 6.07) is 17.1. The molecule has 2 aromatic carbocycles. The number of rotatable bonds is 7. The van der Waals surface area contributed by atoms with Crippen molar-refractivity contribution in [2.24, 2.45) is 0 Å². The maximum absolute atomic E-state index is 13.0. The summed E-state index contributed by atoms with van der Waals surface area (Å²) in [5.74, 6) is 1.90. The van der Waals surface area contributed by atoms with Gasteiger partial charge in [0.25, 0.3) is 5.91 Å². The number of piperazine rings is 1. The molecule has 9 heteroatoms. The van der Waals surface area contributed by atoms with Crippen LogP contribution in [-0.2, 0) is 6.54 Å². The highest BCUT2D eigenvalue weighted by Crippen LogP contribution is 2.30. The molecular formula is C26H26N4O4S. The van der Waals surface area contributed by atoms with Crippen molar-refractivity contribution in [2.45, 2.75) is 6.54 Å². The number of aromatic nitrogens is 2. The highest BCUT2D eigenvalue weighted by atomic mass is 32.1. The van der Waals surface area contributed by atoms with Gasteiger partial charge in [0.1, 0.15) is 16.5 Å². The first kappa shape index (κ1) is 23.1. The number of nitrogens with zero attached hydrogens (tertiary/aromatic N) is 4. The van der Waals surface area contributed by atoms with E-state index >= 15 is 0 Å². The molecule has 35 heavy (non-hydrogen) atoms. The molecule has 5 rings (SSSR count). The minimum Gasteiger partial charge on any atom is -0.497 e. The lowest BCUT2D eigenvalue weighted by Gasteiger charge is -2.33. The number of carbonyl (C=O) groups excluding carboxylic acids is 1. The third kappa shape index (κ3) is 5.06. The average molecular weight is 491 g/mol. The van der Waals surface area contributed by atoms with Crippen LogP contribution in [0, 0.1) is 0 Å². The summed E-state index contributed by atoms with van der Waals surface area (Å²) in [5.41, 5.74) is 3.20. The van der Waals surface area contributed by atoms with Crippen LogP contribution in [0.4, 0.5) is 0 Å². The number of para-hydroxylation sites is 1. The third-order valence-electron chi connectivity index (χ3n) is 6.04. The second kappa shape index (κ2) is 10.3. The van der Waals surface area contributed by atoms with Crippen LogP contribution in [0.25, 0.3) is 21.9 Å². The van der Waals surface area contributed by atoms with Crippen molar-refractivity contribution in [3.8, 4) is 33.4 Å². The summed E-state index contributed by atoms with van der Waals surface area (Å²) >= 11 is 1.64. The van der Waals surface area contributed by atoms with Gasteiger partial charge in [0.05, 0.1) is 25.5 Å². The number of carbonyl (C=O) groups is 1. The fraction of sp³-hybridized carbons (Fsp3) is 0.269. The van der Waals surface area contributed by atoms with Crippen LogP contribution in [0.2, 0.25) is 0 Å². The van der Waals surface area contributed by atoms with E-state index in [-0.39, 0.29) is 5.91 Å². The van der Waals surface area contributed by atoms with E-state index in [0.29, 0.717) is 30.3 Å². The predicted molar refractivity (Wildman–Crippen MR) is 134 cm³/mol. The highest BCUT2D eigenvalue weighted by Gasteiger charge is 2.25. The molecule has 8 nitrogen and oxygen atoms in total. The number of benzene rings is 2. The summed E-state index contributed by atoms with van der Waals surface area (Å²) in [7, 11) is 3.27. The third-order valence-corrected chi connectivity index (χ3v) is 6.98. The Morgan fingerprint density at radius 1 is 1.03 bits per heavy atom. The van der Waals surface area contributed by atoms with E-state index < -0.39 is 0 Å². The zero-order valence-electron chi connectivity index (χ0n) is 19.6. The van der Waals surface area contributed by atoms with E-state index in [1.54, 1.807) is 31.6 Å². The molecule has 4 aromatic rings. The van der Waals surface area contributed by atoms with Crippen LogP contribution in [-0.4, -0.2) is 66.2 Å². The van der Waals surface area contributed by atoms with E-state index in [0.717, 1.165) is 47.2 Å². The maximum Gasteiger partial charge on any atom is 0.276 e. The number of ether oxygens (including phenoxy) is 2. The van der Waals surface area contributed by atoms with Crippen molar-refractivity contribution in [1.29, 1.82) is 0 Å². The van der Waals surface area contributed by atoms with E-state index in [1.807, 2.05) is 53.4 Å². The molecule has 180 valence electrons. The fourth-order valence-electron chi connectivity index (χ4n) is 4.10. The number of methoxy groups -OCH3 is 2. The molecule has 1 saturated heterocycles. The Balaban J connectivity index is 1.17. The molecule has 0 aliphatic carbocycles. The Labute approximate surface area is 207 Å². The minimum absolute atomic E-state index is 0.120. The molecule has 1 aliphatic heterocycles. The van der Waals surface area contributed by atoms with Crippen LogP contribution in [0.5, 0.6) is 11.5 Å². The number of amides is 1. The molecule has 0 saturated carbocycles. The van der Waals surface area contributed by atoms with Crippen LogP contribution < -0.4 is 9.47 Å². The van der Waals surface area contributed by atoms with Gasteiger partial charge < -0.3 is 18.9 Å². The molecular weight excluding hydrogens is 464 g/mol. The molecule has 0 unspecified atom stereocenters. The summed E-state index contributed by atoms with van der Waals surface area (Å²) in [6.45, 7) is 3.57. The van der Waals surface area contributed by atoms with E-state index in [4.69, 9.17) is 19.0 Å². The van der Waals surface area contributed by atoms with Gasteiger partial charge in [-0.15, -0.1) is 11.3 Å². The van der Waals surface area contributed by atoms with Crippen LogP contribution >= 0.6 is 11.3 Å². The highest BCUT2D eigenvalue weighted by molar-refractivity contribution is 7.13. The second-order valence-electron chi connectivity index (χ2n) is 8.22. The fourth-order valence-corrected chi connectivity index (χ4v) is 4.91. The number of hydrogen-bond acceptors (Lipinski definition) is 8. The predicted octanol–water partition coefficient (Wildman–Crippen LogP) is 4.44. The lowest BCUT2D eigenvalue weighted by molar-refractivity contribution is 0.0617. The summed E-state index contributed by atoms with van der Waals surface area (Å²) in [4.78, 5) is 21.9. The van der Waals surface area contributed by atoms with Crippen LogP contribution in [0.1, 0.15) is 16.2 Å². The SMILES string of the molecule is COc1ccc(-c2nc(CN3CCN(C(=O)c4cc(-c5ccccc5OC)on4)CC3)cs2)cc1. The zero-order valence-corrected chi connectivity index (χ0v) is 20.5. The molecule has 1 amide bonds.